The molecule has 3 nitrogen and oxygen atoms in total. The number of benzene rings is 2. The summed E-state index contributed by atoms with van der Waals surface area (Å²) in [6, 6.07) is 15.3. The normalized spacial score (nSPS) is 10.8. The van der Waals surface area contributed by atoms with Crippen LogP contribution in [-0.4, -0.2) is 24.0 Å². The van der Waals surface area contributed by atoms with Gasteiger partial charge in [-0.25, -0.2) is 0 Å². The zero-order valence-electron chi connectivity index (χ0n) is 13.8. The summed E-state index contributed by atoms with van der Waals surface area (Å²) in [5.41, 5.74) is 2.69. The van der Waals surface area contributed by atoms with E-state index in [0.29, 0.717) is 23.7 Å². The lowest BCUT2D eigenvalue weighted by molar-refractivity contribution is 0.0690. The third-order valence-electron chi connectivity index (χ3n) is 3.61. The topological polar surface area (TPSA) is 29.5 Å². The summed E-state index contributed by atoms with van der Waals surface area (Å²) in [7, 11) is 1.65. The fraction of sp³-hybridized carbons (Fsp3) is 0.316. The summed E-state index contributed by atoms with van der Waals surface area (Å²) in [4.78, 5) is 14.7. The van der Waals surface area contributed by atoms with E-state index in [9.17, 15) is 4.79 Å². The van der Waals surface area contributed by atoms with Crippen LogP contribution in [0.1, 0.15) is 35.3 Å². The van der Waals surface area contributed by atoms with Crippen LogP contribution in [0.3, 0.4) is 0 Å². The van der Waals surface area contributed by atoms with Gasteiger partial charge in [0.2, 0.25) is 0 Å². The van der Waals surface area contributed by atoms with E-state index in [1.54, 1.807) is 7.11 Å². The Labute approximate surface area is 142 Å². The largest absolute Gasteiger partial charge is 0.380 e. The molecule has 1 amide bonds. The predicted molar refractivity (Wildman–Crippen MR) is 93.6 cm³/mol. The summed E-state index contributed by atoms with van der Waals surface area (Å²) in [6.07, 6.45) is 0. The number of rotatable bonds is 6. The van der Waals surface area contributed by atoms with E-state index in [1.165, 1.54) is 0 Å². The number of hydrogen-bond acceptors (Lipinski definition) is 2. The van der Waals surface area contributed by atoms with Gasteiger partial charge in [0.15, 0.2) is 0 Å². The average molecular weight is 332 g/mol. The van der Waals surface area contributed by atoms with Crippen molar-refractivity contribution in [3.63, 3.8) is 0 Å². The van der Waals surface area contributed by atoms with Gasteiger partial charge >= 0.3 is 0 Å². The maximum absolute atomic E-state index is 12.9. The minimum absolute atomic E-state index is 0.0120. The Morgan fingerprint density at radius 3 is 2.48 bits per heavy atom. The number of amides is 1. The molecule has 2 aromatic rings. The lowest BCUT2D eigenvalue weighted by Crippen LogP contribution is -2.36. The van der Waals surface area contributed by atoms with Crippen molar-refractivity contribution in [2.24, 2.45) is 0 Å². The molecule has 2 rings (SSSR count). The first-order valence-electron chi connectivity index (χ1n) is 7.64. The van der Waals surface area contributed by atoms with E-state index in [4.69, 9.17) is 16.3 Å². The smallest absolute Gasteiger partial charge is 0.254 e. The van der Waals surface area contributed by atoms with Crippen molar-refractivity contribution >= 4 is 17.5 Å². The molecule has 4 heteroatoms. The summed E-state index contributed by atoms with van der Waals surface area (Å²) in [5, 5.41) is 0.681. The maximum Gasteiger partial charge on any atom is 0.254 e. The van der Waals surface area contributed by atoms with E-state index in [0.717, 1.165) is 11.1 Å². The first-order chi connectivity index (χ1) is 11.0. The lowest BCUT2D eigenvalue weighted by atomic mass is 10.1. The molecule has 0 heterocycles. The molecule has 23 heavy (non-hydrogen) atoms. The number of carbonyl (C=O) groups excluding carboxylic acids is 1. The van der Waals surface area contributed by atoms with Crippen LogP contribution < -0.4 is 0 Å². The van der Waals surface area contributed by atoms with E-state index >= 15 is 0 Å². The Morgan fingerprint density at radius 1 is 1.13 bits per heavy atom. The summed E-state index contributed by atoms with van der Waals surface area (Å²) >= 11 is 6.04. The number of nitrogens with zero attached hydrogens (tertiary/aromatic N) is 1. The fourth-order valence-corrected chi connectivity index (χ4v) is 2.66. The van der Waals surface area contributed by atoms with Crippen LogP contribution in [0.15, 0.2) is 48.5 Å². The van der Waals surface area contributed by atoms with Gasteiger partial charge in [0, 0.05) is 30.3 Å². The van der Waals surface area contributed by atoms with Gasteiger partial charge in [-0.3, -0.25) is 4.79 Å². The molecule has 0 aliphatic rings. The first kappa shape index (κ1) is 17.5. The Morgan fingerprint density at radius 2 is 1.83 bits per heavy atom. The van der Waals surface area contributed by atoms with Crippen molar-refractivity contribution < 1.29 is 9.53 Å². The van der Waals surface area contributed by atoms with E-state index in [1.807, 2.05) is 67.3 Å². The van der Waals surface area contributed by atoms with Gasteiger partial charge in [-0.2, -0.15) is 0 Å². The molecule has 0 radical (unpaired) electrons. The van der Waals surface area contributed by atoms with Crippen LogP contribution in [-0.2, 0) is 17.9 Å². The lowest BCUT2D eigenvalue weighted by Gasteiger charge is -2.27. The SMILES string of the molecule is COCc1cccc(C(=O)N(Cc2cccc(Cl)c2)C(C)C)c1. The van der Waals surface area contributed by atoms with Gasteiger partial charge < -0.3 is 9.64 Å². The first-order valence-corrected chi connectivity index (χ1v) is 8.02. The Balaban J connectivity index is 2.23. The number of ether oxygens (including phenoxy) is 1. The van der Waals surface area contributed by atoms with Crippen molar-refractivity contribution in [2.75, 3.05) is 7.11 Å². The molecule has 0 aromatic heterocycles. The van der Waals surface area contributed by atoms with E-state index < -0.39 is 0 Å². The van der Waals surface area contributed by atoms with E-state index in [2.05, 4.69) is 0 Å². The Hall–Kier alpha value is -1.84. The molecule has 0 unspecified atom stereocenters. The second-order valence-corrected chi connectivity index (χ2v) is 6.23. The molecule has 0 N–H and O–H groups in total. The van der Waals surface area contributed by atoms with Crippen molar-refractivity contribution in [2.45, 2.75) is 33.0 Å². The molecule has 122 valence electrons. The summed E-state index contributed by atoms with van der Waals surface area (Å²) in [6.45, 7) is 5.06. The molecule has 0 spiro atoms. The molecule has 0 aliphatic carbocycles. The van der Waals surface area contributed by atoms with Gasteiger partial charge in [0.05, 0.1) is 6.61 Å². The molecule has 0 saturated heterocycles. The van der Waals surface area contributed by atoms with Crippen LogP contribution in [0.5, 0.6) is 0 Å². The highest BCUT2D eigenvalue weighted by molar-refractivity contribution is 6.30. The molecule has 0 saturated carbocycles. The van der Waals surface area contributed by atoms with Crippen LogP contribution in [0, 0.1) is 0 Å². The fourth-order valence-electron chi connectivity index (χ4n) is 2.45. The van der Waals surface area contributed by atoms with Crippen molar-refractivity contribution in [1.29, 1.82) is 0 Å². The van der Waals surface area contributed by atoms with Crippen LogP contribution in [0.2, 0.25) is 5.02 Å². The van der Waals surface area contributed by atoms with Gasteiger partial charge in [0.25, 0.3) is 5.91 Å². The van der Waals surface area contributed by atoms with Gasteiger partial charge in [-0.1, -0.05) is 35.9 Å². The van der Waals surface area contributed by atoms with Gasteiger partial charge in [0.1, 0.15) is 0 Å². The predicted octanol–water partition coefficient (Wildman–Crippen LogP) is 4.54. The number of halogens is 1. The van der Waals surface area contributed by atoms with Crippen molar-refractivity contribution in [3.05, 3.63) is 70.2 Å². The standard InChI is InChI=1S/C19H22ClNO2/c1-14(2)21(12-15-6-5-9-18(20)11-15)19(22)17-8-4-7-16(10-17)13-23-3/h4-11,14H,12-13H2,1-3H3. The minimum Gasteiger partial charge on any atom is -0.380 e. The molecular formula is C19H22ClNO2. The highest BCUT2D eigenvalue weighted by atomic mass is 35.5. The van der Waals surface area contributed by atoms with Crippen molar-refractivity contribution in [1.82, 2.24) is 4.90 Å². The summed E-state index contributed by atoms with van der Waals surface area (Å²) < 4.78 is 5.14. The Bertz CT molecular complexity index is 670. The number of hydrogen-bond donors (Lipinski definition) is 0. The van der Waals surface area contributed by atoms with Crippen LogP contribution in [0.25, 0.3) is 0 Å². The number of carbonyl (C=O) groups is 1. The van der Waals surface area contributed by atoms with E-state index in [-0.39, 0.29) is 11.9 Å². The van der Waals surface area contributed by atoms with Gasteiger partial charge in [-0.05, 0) is 49.2 Å². The molecular weight excluding hydrogens is 310 g/mol. The molecule has 0 aliphatic heterocycles. The molecule has 0 bridgehead atoms. The average Bonchev–Trinajstić information content (AvgIpc) is 2.52. The van der Waals surface area contributed by atoms with Gasteiger partial charge in [-0.15, -0.1) is 0 Å². The minimum atomic E-state index is 0.0120. The third kappa shape index (κ3) is 4.81. The second kappa shape index (κ2) is 8.14. The zero-order chi connectivity index (χ0) is 16.8. The molecule has 2 aromatic carbocycles. The highest BCUT2D eigenvalue weighted by Crippen LogP contribution is 2.17. The summed E-state index contributed by atoms with van der Waals surface area (Å²) in [5.74, 6) is 0.0120. The number of methoxy groups -OCH3 is 1. The van der Waals surface area contributed by atoms with Crippen molar-refractivity contribution in [3.8, 4) is 0 Å². The van der Waals surface area contributed by atoms with Crippen LogP contribution in [0.4, 0.5) is 0 Å². The monoisotopic (exact) mass is 331 g/mol. The van der Waals surface area contributed by atoms with Crippen LogP contribution >= 0.6 is 11.6 Å². The zero-order valence-corrected chi connectivity index (χ0v) is 14.5. The second-order valence-electron chi connectivity index (χ2n) is 5.79. The third-order valence-corrected chi connectivity index (χ3v) is 3.85. The molecule has 0 fully saturated rings. The molecule has 0 atom stereocenters. The highest BCUT2D eigenvalue weighted by Gasteiger charge is 2.19. The Kier molecular flexibility index (Phi) is 6.20. The maximum atomic E-state index is 12.9. The quantitative estimate of drug-likeness (QED) is 0.778.